The Hall–Kier alpha value is -2.86. The van der Waals surface area contributed by atoms with E-state index in [2.05, 4.69) is 10.2 Å². The van der Waals surface area contributed by atoms with Crippen LogP contribution in [-0.4, -0.2) is 47.7 Å². The van der Waals surface area contributed by atoms with Gasteiger partial charge in [0.05, 0.1) is 5.56 Å². The van der Waals surface area contributed by atoms with Crippen LogP contribution in [0.15, 0.2) is 54.6 Å². The maximum atomic E-state index is 13.1. The van der Waals surface area contributed by atoms with Crippen LogP contribution in [0.5, 0.6) is 0 Å². The third-order valence-electron chi connectivity index (χ3n) is 5.65. The smallest absolute Gasteiger partial charge is 0.335 e. The predicted molar refractivity (Wildman–Crippen MR) is 105 cm³/mol. The van der Waals surface area contributed by atoms with Crippen molar-refractivity contribution in [2.24, 2.45) is 5.92 Å². The predicted octanol–water partition coefficient (Wildman–Crippen LogP) is 3.18. The monoisotopic (exact) mass is 380 g/mol. The number of carbonyl (C=O) groups is 2. The number of benzene rings is 2. The SMILES string of the molecule is O=C(O)c1cccc(N[C@H](C(=O)O[C@H]2CN3CCC2CC3)c2ccccc2)c1. The lowest BCUT2D eigenvalue weighted by Gasteiger charge is -2.44. The topological polar surface area (TPSA) is 78.9 Å². The number of carbonyl (C=O) groups excluding carboxylic acids is 1. The summed E-state index contributed by atoms with van der Waals surface area (Å²) in [6, 6.07) is 15.2. The van der Waals surface area contributed by atoms with Crippen LogP contribution < -0.4 is 5.32 Å². The van der Waals surface area contributed by atoms with Gasteiger partial charge in [-0.05, 0) is 55.6 Å². The highest BCUT2D eigenvalue weighted by Gasteiger charge is 2.37. The van der Waals surface area contributed by atoms with Crippen molar-refractivity contribution < 1.29 is 19.4 Å². The average Bonchev–Trinajstić information content (AvgIpc) is 2.73. The number of piperidine rings is 3. The van der Waals surface area contributed by atoms with Crippen LogP contribution in [0.3, 0.4) is 0 Å². The molecule has 0 aliphatic carbocycles. The molecule has 146 valence electrons. The molecule has 3 aliphatic rings. The molecule has 28 heavy (non-hydrogen) atoms. The van der Waals surface area contributed by atoms with Crippen molar-refractivity contribution in [3.8, 4) is 0 Å². The molecule has 3 aliphatic heterocycles. The summed E-state index contributed by atoms with van der Waals surface area (Å²) >= 11 is 0. The number of nitrogens with one attached hydrogen (secondary N) is 1. The first kappa shape index (κ1) is 18.5. The van der Waals surface area contributed by atoms with Gasteiger partial charge in [0.1, 0.15) is 6.10 Å². The fourth-order valence-corrected chi connectivity index (χ4v) is 4.09. The largest absolute Gasteiger partial charge is 0.478 e. The standard InChI is InChI=1S/C22H24N2O4/c25-21(26)17-7-4-8-18(13-17)23-20(16-5-2-1-3-6-16)22(27)28-19-14-24-11-9-15(19)10-12-24/h1-8,13,15,19-20,23H,9-12,14H2,(H,25,26)/t19-,20-/m0/s1. The Morgan fingerprint density at radius 1 is 1.07 bits per heavy atom. The minimum absolute atomic E-state index is 0.0756. The minimum Gasteiger partial charge on any atom is -0.478 e. The Labute approximate surface area is 164 Å². The van der Waals surface area contributed by atoms with Gasteiger partial charge in [-0.2, -0.15) is 0 Å². The number of hydrogen-bond donors (Lipinski definition) is 2. The molecule has 0 radical (unpaired) electrons. The van der Waals surface area contributed by atoms with Crippen molar-refractivity contribution >= 4 is 17.6 Å². The maximum Gasteiger partial charge on any atom is 0.335 e. The first-order valence-corrected chi connectivity index (χ1v) is 9.68. The first-order chi connectivity index (χ1) is 13.6. The molecule has 2 N–H and O–H groups in total. The number of hydrogen-bond acceptors (Lipinski definition) is 5. The zero-order valence-electron chi connectivity index (χ0n) is 15.6. The van der Waals surface area contributed by atoms with E-state index in [4.69, 9.17) is 4.74 Å². The number of ether oxygens (including phenoxy) is 1. The Morgan fingerprint density at radius 3 is 2.46 bits per heavy atom. The van der Waals surface area contributed by atoms with Crippen LogP contribution in [0.25, 0.3) is 0 Å². The second-order valence-electron chi connectivity index (χ2n) is 7.49. The van der Waals surface area contributed by atoms with E-state index in [0.29, 0.717) is 11.6 Å². The number of aromatic carboxylic acids is 1. The summed E-state index contributed by atoms with van der Waals surface area (Å²) in [5, 5.41) is 12.4. The van der Waals surface area contributed by atoms with Gasteiger partial charge in [-0.3, -0.25) is 4.90 Å². The van der Waals surface area contributed by atoms with Crippen molar-refractivity contribution in [3.05, 3.63) is 65.7 Å². The van der Waals surface area contributed by atoms with Gasteiger partial charge >= 0.3 is 11.9 Å². The van der Waals surface area contributed by atoms with Crippen molar-refractivity contribution in [3.63, 3.8) is 0 Å². The summed E-state index contributed by atoms with van der Waals surface area (Å²) < 4.78 is 5.93. The zero-order chi connectivity index (χ0) is 19.5. The number of anilines is 1. The lowest BCUT2D eigenvalue weighted by atomic mass is 9.86. The van der Waals surface area contributed by atoms with Gasteiger partial charge in [0.25, 0.3) is 0 Å². The fourth-order valence-electron chi connectivity index (χ4n) is 4.09. The number of carboxylic acid groups (broad SMARTS) is 1. The Bertz CT molecular complexity index is 847. The molecular formula is C22H24N2O4. The molecule has 3 saturated heterocycles. The maximum absolute atomic E-state index is 13.1. The highest BCUT2D eigenvalue weighted by atomic mass is 16.5. The first-order valence-electron chi connectivity index (χ1n) is 9.68. The number of esters is 1. The van der Waals surface area contributed by atoms with Crippen LogP contribution in [-0.2, 0) is 9.53 Å². The quantitative estimate of drug-likeness (QED) is 0.750. The van der Waals surface area contributed by atoms with E-state index in [-0.39, 0.29) is 17.6 Å². The molecule has 0 aromatic heterocycles. The van der Waals surface area contributed by atoms with Crippen molar-refractivity contribution in [1.82, 2.24) is 4.90 Å². The van der Waals surface area contributed by atoms with Crippen LogP contribution in [0.4, 0.5) is 5.69 Å². The van der Waals surface area contributed by atoms with Gasteiger partial charge in [0, 0.05) is 12.2 Å². The van der Waals surface area contributed by atoms with E-state index in [1.165, 1.54) is 12.1 Å². The normalized spacial score (nSPS) is 24.4. The summed E-state index contributed by atoms with van der Waals surface area (Å²) in [6.45, 7) is 2.97. The van der Waals surface area contributed by atoms with Crippen LogP contribution >= 0.6 is 0 Å². The molecule has 0 amide bonds. The molecule has 2 aromatic carbocycles. The Kier molecular flexibility index (Phi) is 5.30. The lowest BCUT2D eigenvalue weighted by molar-refractivity contribution is -0.159. The molecule has 3 heterocycles. The number of fused-ring (bicyclic) bond motifs is 3. The van der Waals surface area contributed by atoms with E-state index in [1.807, 2.05) is 30.3 Å². The number of carboxylic acids is 1. The van der Waals surface area contributed by atoms with Gasteiger partial charge < -0.3 is 15.2 Å². The van der Waals surface area contributed by atoms with Gasteiger partial charge in [-0.1, -0.05) is 36.4 Å². The molecule has 5 rings (SSSR count). The molecule has 3 fully saturated rings. The number of rotatable bonds is 6. The van der Waals surface area contributed by atoms with E-state index in [9.17, 15) is 14.7 Å². The van der Waals surface area contributed by atoms with E-state index in [1.54, 1.807) is 12.1 Å². The van der Waals surface area contributed by atoms with Gasteiger partial charge in [-0.15, -0.1) is 0 Å². The van der Waals surface area contributed by atoms with Crippen LogP contribution in [0.1, 0.15) is 34.8 Å². The second kappa shape index (κ2) is 8.02. The molecular weight excluding hydrogens is 356 g/mol. The molecule has 0 spiro atoms. The molecule has 2 atom stereocenters. The third kappa shape index (κ3) is 4.02. The van der Waals surface area contributed by atoms with Crippen molar-refractivity contribution in [2.45, 2.75) is 25.0 Å². The minimum atomic E-state index is -1.00. The molecule has 2 bridgehead atoms. The highest BCUT2D eigenvalue weighted by molar-refractivity contribution is 5.89. The molecule has 0 saturated carbocycles. The lowest BCUT2D eigenvalue weighted by Crippen LogP contribution is -2.52. The van der Waals surface area contributed by atoms with Gasteiger partial charge in [-0.25, -0.2) is 9.59 Å². The third-order valence-corrected chi connectivity index (χ3v) is 5.65. The Morgan fingerprint density at radius 2 is 1.82 bits per heavy atom. The van der Waals surface area contributed by atoms with Crippen molar-refractivity contribution in [2.75, 3.05) is 25.0 Å². The van der Waals surface area contributed by atoms with Gasteiger partial charge in [0.15, 0.2) is 6.04 Å². The van der Waals surface area contributed by atoms with Crippen LogP contribution in [0.2, 0.25) is 0 Å². The van der Waals surface area contributed by atoms with Crippen LogP contribution in [0, 0.1) is 5.92 Å². The summed E-state index contributed by atoms with van der Waals surface area (Å²) in [6.07, 6.45) is 2.07. The van der Waals surface area contributed by atoms with Crippen molar-refractivity contribution in [1.29, 1.82) is 0 Å². The fraction of sp³-hybridized carbons (Fsp3) is 0.364. The summed E-state index contributed by atoms with van der Waals surface area (Å²) in [4.78, 5) is 26.7. The molecule has 0 unspecified atom stereocenters. The molecule has 6 nitrogen and oxygen atoms in total. The number of nitrogens with zero attached hydrogens (tertiary/aromatic N) is 1. The summed E-state index contributed by atoms with van der Waals surface area (Å²) in [5.74, 6) is -0.902. The highest BCUT2D eigenvalue weighted by Crippen LogP contribution is 2.31. The zero-order valence-corrected chi connectivity index (χ0v) is 15.6. The summed E-state index contributed by atoms with van der Waals surface area (Å²) in [5.41, 5.74) is 1.52. The van der Waals surface area contributed by atoms with E-state index in [0.717, 1.165) is 38.0 Å². The van der Waals surface area contributed by atoms with Gasteiger partial charge in [0.2, 0.25) is 0 Å². The van der Waals surface area contributed by atoms with E-state index >= 15 is 0 Å². The summed E-state index contributed by atoms with van der Waals surface area (Å²) in [7, 11) is 0. The van der Waals surface area contributed by atoms with E-state index < -0.39 is 12.0 Å². The molecule has 2 aromatic rings. The molecule has 6 heteroatoms. The average molecular weight is 380 g/mol. The second-order valence-corrected chi connectivity index (χ2v) is 7.49. The Balaban J connectivity index is 1.54.